The maximum absolute atomic E-state index is 13.2. The van der Waals surface area contributed by atoms with Crippen LogP contribution in [0.2, 0.25) is 0 Å². The van der Waals surface area contributed by atoms with Gasteiger partial charge in [-0.15, -0.1) is 0 Å². The number of nitrogens with one attached hydrogen (secondary N) is 1. The van der Waals surface area contributed by atoms with E-state index in [1.165, 1.54) is 6.07 Å². The molecule has 0 heterocycles. The minimum atomic E-state index is -0.250. The van der Waals surface area contributed by atoms with Crippen molar-refractivity contribution in [1.29, 1.82) is 0 Å². The minimum absolute atomic E-state index is 0.0515. The third-order valence-corrected chi connectivity index (χ3v) is 2.43. The van der Waals surface area contributed by atoms with Crippen LogP contribution < -0.4 is 5.32 Å². The van der Waals surface area contributed by atoms with E-state index in [1.54, 1.807) is 25.3 Å². The molecule has 1 N–H and O–H groups in total. The molecule has 0 saturated heterocycles. The van der Waals surface area contributed by atoms with Crippen molar-refractivity contribution in [2.75, 3.05) is 20.3 Å². The fraction of sp³-hybridized carbons (Fsp3) is 0.462. The molecule has 0 fully saturated rings. The third-order valence-electron chi connectivity index (χ3n) is 2.43. The van der Waals surface area contributed by atoms with E-state index in [0.29, 0.717) is 31.6 Å². The second-order valence-corrected chi connectivity index (χ2v) is 3.79. The number of carbonyl (C=O) groups excluding carboxylic acids is 1. The van der Waals surface area contributed by atoms with Gasteiger partial charge < -0.3 is 10.1 Å². The van der Waals surface area contributed by atoms with E-state index < -0.39 is 0 Å². The zero-order chi connectivity index (χ0) is 12.5. The molecule has 0 aliphatic heterocycles. The van der Waals surface area contributed by atoms with Gasteiger partial charge in [-0.3, -0.25) is 4.79 Å². The second-order valence-electron chi connectivity index (χ2n) is 3.79. The molecule has 0 unspecified atom stereocenters. The molecule has 3 nitrogen and oxygen atoms in total. The maximum Gasteiger partial charge on any atom is 0.220 e. The fourth-order valence-electron chi connectivity index (χ4n) is 1.48. The Morgan fingerprint density at radius 3 is 2.88 bits per heavy atom. The molecule has 1 rings (SSSR count). The van der Waals surface area contributed by atoms with E-state index in [-0.39, 0.29) is 11.7 Å². The summed E-state index contributed by atoms with van der Waals surface area (Å²) in [4.78, 5) is 11.4. The van der Waals surface area contributed by atoms with Gasteiger partial charge in [0.15, 0.2) is 0 Å². The fourth-order valence-corrected chi connectivity index (χ4v) is 1.48. The van der Waals surface area contributed by atoms with E-state index in [1.807, 2.05) is 0 Å². The highest BCUT2D eigenvalue weighted by Gasteiger charge is 2.04. The van der Waals surface area contributed by atoms with E-state index in [9.17, 15) is 9.18 Å². The van der Waals surface area contributed by atoms with Crippen molar-refractivity contribution in [1.82, 2.24) is 5.32 Å². The molecule has 0 aromatic heterocycles. The standard InChI is InChI=1S/C13H18FNO2/c1-17-10-4-9-15-13(16)8-7-11-5-2-3-6-12(11)14/h2-3,5-6H,4,7-10H2,1H3,(H,15,16). The summed E-state index contributed by atoms with van der Waals surface area (Å²) in [5.74, 6) is -0.302. The molecule has 0 aliphatic carbocycles. The first-order chi connectivity index (χ1) is 8.24. The Bertz CT molecular complexity index is 355. The molecule has 1 amide bonds. The van der Waals surface area contributed by atoms with E-state index in [0.717, 1.165) is 6.42 Å². The van der Waals surface area contributed by atoms with Gasteiger partial charge >= 0.3 is 0 Å². The molecule has 0 radical (unpaired) electrons. The highest BCUT2D eigenvalue weighted by atomic mass is 19.1. The molecule has 94 valence electrons. The van der Waals surface area contributed by atoms with Gasteiger partial charge in [-0.2, -0.15) is 0 Å². The molecule has 17 heavy (non-hydrogen) atoms. The van der Waals surface area contributed by atoms with Gasteiger partial charge in [0, 0.05) is 26.7 Å². The zero-order valence-corrected chi connectivity index (χ0v) is 10.0. The smallest absolute Gasteiger partial charge is 0.220 e. The predicted molar refractivity (Wildman–Crippen MR) is 64.2 cm³/mol. The lowest BCUT2D eigenvalue weighted by Gasteiger charge is -2.05. The summed E-state index contributed by atoms with van der Waals surface area (Å²) in [6.07, 6.45) is 1.54. The van der Waals surface area contributed by atoms with Crippen LogP contribution in [0.1, 0.15) is 18.4 Å². The number of rotatable bonds is 7. The first-order valence-corrected chi connectivity index (χ1v) is 5.73. The lowest BCUT2D eigenvalue weighted by Crippen LogP contribution is -2.25. The van der Waals surface area contributed by atoms with Gasteiger partial charge in [-0.1, -0.05) is 18.2 Å². The number of hydrogen-bond acceptors (Lipinski definition) is 2. The molecule has 0 spiro atoms. The lowest BCUT2D eigenvalue weighted by molar-refractivity contribution is -0.121. The van der Waals surface area contributed by atoms with Crippen molar-refractivity contribution in [2.45, 2.75) is 19.3 Å². The first kappa shape index (κ1) is 13.6. The minimum Gasteiger partial charge on any atom is -0.385 e. The summed E-state index contributed by atoms with van der Waals surface area (Å²) in [7, 11) is 1.63. The second kappa shape index (κ2) is 7.79. The van der Waals surface area contributed by atoms with Crippen molar-refractivity contribution in [3.05, 3.63) is 35.6 Å². The number of aryl methyl sites for hydroxylation is 1. The van der Waals surface area contributed by atoms with Gasteiger partial charge in [-0.25, -0.2) is 4.39 Å². The van der Waals surface area contributed by atoms with Crippen LogP contribution in [0, 0.1) is 5.82 Å². The van der Waals surface area contributed by atoms with Crippen LogP contribution in [0.3, 0.4) is 0 Å². The number of benzene rings is 1. The Labute approximate surface area is 101 Å². The van der Waals surface area contributed by atoms with Gasteiger partial charge in [0.2, 0.25) is 5.91 Å². The Hall–Kier alpha value is -1.42. The highest BCUT2D eigenvalue weighted by Crippen LogP contribution is 2.08. The van der Waals surface area contributed by atoms with Crippen LogP contribution in [0.15, 0.2) is 24.3 Å². The Kier molecular flexibility index (Phi) is 6.25. The summed E-state index contributed by atoms with van der Waals surface area (Å²) < 4.78 is 18.1. The molecule has 0 saturated carbocycles. The molecular weight excluding hydrogens is 221 g/mol. The number of carbonyl (C=O) groups is 1. The largest absolute Gasteiger partial charge is 0.385 e. The van der Waals surface area contributed by atoms with Crippen LogP contribution in [0.5, 0.6) is 0 Å². The Morgan fingerprint density at radius 2 is 2.18 bits per heavy atom. The van der Waals surface area contributed by atoms with Gasteiger partial charge in [0.25, 0.3) is 0 Å². The predicted octanol–water partition coefficient (Wildman–Crippen LogP) is 1.91. The van der Waals surface area contributed by atoms with Gasteiger partial charge in [0.05, 0.1) is 0 Å². The zero-order valence-electron chi connectivity index (χ0n) is 10.0. The highest BCUT2D eigenvalue weighted by molar-refractivity contribution is 5.76. The van der Waals surface area contributed by atoms with Gasteiger partial charge in [-0.05, 0) is 24.5 Å². The Balaban J connectivity index is 2.22. The summed E-state index contributed by atoms with van der Waals surface area (Å²) in [5, 5.41) is 2.77. The number of amides is 1. The van der Waals surface area contributed by atoms with Crippen LogP contribution >= 0.6 is 0 Å². The maximum atomic E-state index is 13.2. The van der Waals surface area contributed by atoms with E-state index in [4.69, 9.17) is 4.74 Å². The number of ether oxygens (including phenoxy) is 1. The quantitative estimate of drug-likeness (QED) is 0.738. The first-order valence-electron chi connectivity index (χ1n) is 5.73. The number of halogens is 1. The monoisotopic (exact) mass is 239 g/mol. The summed E-state index contributed by atoms with van der Waals surface area (Å²) >= 11 is 0. The average Bonchev–Trinajstić information content (AvgIpc) is 2.34. The third kappa shape index (κ3) is 5.45. The Morgan fingerprint density at radius 1 is 1.41 bits per heavy atom. The average molecular weight is 239 g/mol. The molecular formula is C13H18FNO2. The van der Waals surface area contributed by atoms with E-state index >= 15 is 0 Å². The molecule has 4 heteroatoms. The molecule has 0 aliphatic rings. The van der Waals surface area contributed by atoms with Crippen molar-refractivity contribution in [2.24, 2.45) is 0 Å². The topological polar surface area (TPSA) is 38.3 Å². The van der Waals surface area contributed by atoms with E-state index in [2.05, 4.69) is 5.32 Å². The summed E-state index contributed by atoms with van der Waals surface area (Å²) in [6, 6.07) is 6.53. The van der Waals surface area contributed by atoms with Crippen LogP contribution in [0.25, 0.3) is 0 Å². The summed E-state index contributed by atoms with van der Waals surface area (Å²) in [5.41, 5.74) is 0.583. The molecule has 1 aromatic carbocycles. The van der Waals surface area contributed by atoms with Crippen molar-refractivity contribution in [3.63, 3.8) is 0 Å². The van der Waals surface area contributed by atoms with Crippen LogP contribution in [-0.4, -0.2) is 26.2 Å². The number of hydrogen-bond donors (Lipinski definition) is 1. The van der Waals surface area contributed by atoms with Crippen molar-refractivity contribution >= 4 is 5.91 Å². The molecule has 0 bridgehead atoms. The molecule has 0 atom stereocenters. The van der Waals surface area contributed by atoms with Crippen LogP contribution in [0.4, 0.5) is 4.39 Å². The number of methoxy groups -OCH3 is 1. The SMILES string of the molecule is COCCCNC(=O)CCc1ccccc1F. The van der Waals surface area contributed by atoms with Crippen LogP contribution in [-0.2, 0) is 16.0 Å². The molecule has 1 aromatic rings. The summed E-state index contributed by atoms with van der Waals surface area (Å²) in [6.45, 7) is 1.23. The van der Waals surface area contributed by atoms with Gasteiger partial charge in [0.1, 0.15) is 5.82 Å². The normalized spacial score (nSPS) is 10.2. The lowest BCUT2D eigenvalue weighted by atomic mass is 10.1. The van der Waals surface area contributed by atoms with Crippen molar-refractivity contribution < 1.29 is 13.9 Å². The van der Waals surface area contributed by atoms with Crippen molar-refractivity contribution in [3.8, 4) is 0 Å².